The number of amides is 3. The predicted molar refractivity (Wildman–Crippen MR) is 170 cm³/mol. The van der Waals surface area contributed by atoms with Crippen molar-refractivity contribution >= 4 is 23.8 Å². The first-order valence-corrected chi connectivity index (χ1v) is 15.4. The molecule has 0 fully saturated rings. The molecule has 0 saturated carbocycles. The number of aromatic nitrogens is 3. The zero-order valence-electron chi connectivity index (χ0n) is 26.3. The van der Waals surface area contributed by atoms with Gasteiger partial charge in [0.25, 0.3) is 5.91 Å². The number of rotatable bonds is 17. The maximum atomic E-state index is 14.0. The Morgan fingerprint density at radius 2 is 1.64 bits per heavy atom. The van der Waals surface area contributed by atoms with Crippen molar-refractivity contribution in [2.24, 2.45) is 23.7 Å². The van der Waals surface area contributed by atoms with E-state index in [1.165, 1.54) is 22.3 Å². The molecule has 0 aliphatic carbocycles. The lowest BCUT2D eigenvalue weighted by molar-refractivity contribution is -0.150. The first kappa shape index (κ1) is 34.2. The number of hydrogen-bond donors (Lipinski definition) is 2. The van der Waals surface area contributed by atoms with Crippen molar-refractivity contribution in [1.29, 1.82) is 0 Å². The molecular formula is C34H46N6O4. The lowest BCUT2D eigenvalue weighted by Gasteiger charge is -2.31. The zero-order valence-corrected chi connectivity index (χ0v) is 26.3. The number of carbonyl (C=O) groups is 3. The summed E-state index contributed by atoms with van der Waals surface area (Å²) in [6, 6.07) is 19.3. The molecule has 0 saturated heterocycles. The summed E-state index contributed by atoms with van der Waals surface area (Å²) in [5.74, 6) is -2.24. The minimum absolute atomic E-state index is 0.0632. The van der Waals surface area contributed by atoms with Crippen molar-refractivity contribution in [3.63, 3.8) is 0 Å². The molecule has 1 aromatic heterocycles. The number of allylic oxidation sites excluding steroid dienone is 1. The van der Waals surface area contributed by atoms with E-state index in [1.54, 1.807) is 0 Å². The van der Waals surface area contributed by atoms with Crippen LogP contribution < -0.4 is 10.9 Å². The van der Waals surface area contributed by atoms with E-state index in [1.807, 2.05) is 86.7 Å². The quantitative estimate of drug-likeness (QED) is 0.205. The highest BCUT2D eigenvalue weighted by molar-refractivity contribution is 5.89. The Balaban J connectivity index is 1.84. The van der Waals surface area contributed by atoms with E-state index in [9.17, 15) is 14.4 Å². The van der Waals surface area contributed by atoms with Crippen LogP contribution in [-0.4, -0.2) is 44.0 Å². The van der Waals surface area contributed by atoms with Crippen molar-refractivity contribution in [2.75, 3.05) is 6.54 Å². The molecule has 236 valence electrons. The molecule has 0 unspecified atom stereocenters. The SMILES string of the molecule is CCC(CC)CN(NC(=O)[C@H](CC(C)C)[C@H](CC=Cc1ccccc1)C(=O)NOCc1ccccc1)C(=O)Cn1cncn1. The summed E-state index contributed by atoms with van der Waals surface area (Å²) in [5.41, 5.74) is 7.39. The standard InChI is InChI=1S/C34H46N6O4/c1-5-27(6-2)21-40(32(41)22-39-25-35-24-36-39)37-33(42)31(20-26(3)4)30(19-13-18-28-14-9-7-10-15-28)34(43)38-44-23-29-16-11-8-12-17-29/h7-18,24-27,30-31H,5-6,19-23H2,1-4H3,(H,37,42)(H,38,43)/t30-,31+/m0/s1. The van der Waals surface area contributed by atoms with Gasteiger partial charge in [0.15, 0.2) is 0 Å². The Morgan fingerprint density at radius 1 is 0.955 bits per heavy atom. The summed E-state index contributed by atoms with van der Waals surface area (Å²) in [6.45, 7) is 8.63. The number of carbonyl (C=O) groups excluding carboxylic acids is 3. The number of nitrogens with one attached hydrogen (secondary N) is 2. The highest BCUT2D eigenvalue weighted by Crippen LogP contribution is 2.26. The van der Waals surface area contributed by atoms with E-state index in [0.29, 0.717) is 19.4 Å². The van der Waals surface area contributed by atoms with Gasteiger partial charge in [-0.05, 0) is 35.8 Å². The van der Waals surface area contributed by atoms with Crippen LogP contribution in [0.15, 0.2) is 79.4 Å². The maximum Gasteiger partial charge on any atom is 0.262 e. The van der Waals surface area contributed by atoms with Crippen LogP contribution in [-0.2, 0) is 32.4 Å². The third-order valence-corrected chi connectivity index (χ3v) is 7.54. The van der Waals surface area contributed by atoms with E-state index >= 15 is 0 Å². The van der Waals surface area contributed by atoms with Gasteiger partial charge >= 0.3 is 0 Å². The number of hydrogen-bond acceptors (Lipinski definition) is 6. The number of hydroxylamine groups is 1. The molecule has 3 aromatic rings. The summed E-state index contributed by atoms with van der Waals surface area (Å²) < 4.78 is 1.43. The Morgan fingerprint density at radius 3 is 2.25 bits per heavy atom. The fourth-order valence-corrected chi connectivity index (χ4v) is 4.94. The molecule has 2 atom stereocenters. The fourth-order valence-electron chi connectivity index (χ4n) is 4.94. The summed E-state index contributed by atoms with van der Waals surface area (Å²) >= 11 is 0. The predicted octanol–water partition coefficient (Wildman–Crippen LogP) is 5.20. The number of nitrogens with zero attached hydrogens (tertiary/aromatic N) is 4. The molecule has 0 spiro atoms. The number of hydrazine groups is 1. The van der Waals surface area contributed by atoms with E-state index in [2.05, 4.69) is 34.8 Å². The van der Waals surface area contributed by atoms with Crippen molar-refractivity contribution in [3.8, 4) is 0 Å². The molecule has 44 heavy (non-hydrogen) atoms. The van der Waals surface area contributed by atoms with Crippen molar-refractivity contribution in [3.05, 3.63) is 90.5 Å². The third-order valence-electron chi connectivity index (χ3n) is 7.54. The van der Waals surface area contributed by atoms with Gasteiger partial charge in [-0.3, -0.25) is 29.7 Å². The average molecular weight is 603 g/mol. The maximum absolute atomic E-state index is 14.0. The molecule has 10 heteroatoms. The minimum atomic E-state index is -0.742. The molecule has 2 N–H and O–H groups in total. The van der Waals surface area contributed by atoms with Crippen LogP contribution in [0.4, 0.5) is 0 Å². The van der Waals surface area contributed by atoms with Gasteiger partial charge in [-0.25, -0.2) is 15.1 Å². The fraction of sp³-hybridized carbons (Fsp3) is 0.441. The Bertz CT molecular complexity index is 1290. The normalized spacial score (nSPS) is 12.8. The molecule has 10 nitrogen and oxygen atoms in total. The smallest absolute Gasteiger partial charge is 0.262 e. The van der Waals surface area contributed by atoms with Crippen LogP contribution in [0.1, 0.15) is 64.5 Å². The van der Waals surface area contributed by atoms with Gasteiger partial charge in [-0.2, -0.15) is 5.10 Å². The molecular weight excluding hydrogens is 556 g/mol. The van der Waals surface area contributed by atoms with E-state index < -0.39 is 11.8 Å². The van der Waals surface area contributed by atoms with Gasteiger partial charge < -0.3 is 0 Å². The topological polar surface area (TPSA) is 118 Å². The second kappa shape index (κ2) is 18.4. The summed E-state index contributed by atoms with van der Waals surface area (Å²) in [4.78, 5) is 50.6. The Hall–Kier alpha value is -4.31. The average Bonchev–Trinajstić information content (AvgIpc) is 3.54. The van der Waals surface area contributed by atoms with Gasteiger partial charge in [0.05, 0.1) is 18.4 Å². The molecule has 0 bridgehead atoms. The van der Waals surface area contributed by atoms with Crippen LogP contribution in [0.5, 0.6) is 0 Å². The molecule has 1 heterocycles. The second-order valence-corrected chi connectivity index (χ2v) is 11.4. The van der Waals surface area contributed by atoms with Crippen LogP contribution >= 0.6 is 0 Å². The number of benzene rings is 2. The molecule has 3 amide bonds. The van der Waals surface area contributed by atoms with Gasteiger partial charge in [-0.15, -0.1) is 0 Å². The molecule has 3 rings (SSSR count). The molecule has 0 aliphatic heterocycles. The van der Waals surface area contributed by atoms with E-state index in [0.717, 1.165) is 24.0 Å². The molecule has 0 radical (unpaired) electrons. The van der Waals surface area contributed by atoms with E-state index in [-0.39, 0.29) is 42.7 Å². The monoisotopic (exact) mass is 602 g/mol. The van der Waals surface area contributed by atoms with Crippen LogP contribution in [0, 0.1) is 23.7 Å². The zero-order chi connectivity index (χ0) is 31.7. The minimum Gasteiger partial charge on any atom is -0.273 e. The molecule has 2 aromatic carbocycles. The Kier molecular flexibility index (Phi) is 14.3. The lowest BCUT2D eigenvalue weighted by Crippen LogP contribution is -2.53. The van der Waals surface area contributed by atoms with Crippen molar-refractivity contribution in [2.45, 2.75) is 66.5 Å². The van der Waals surface area contributed by atoms with Crippen LogP contribution in [0.2, 0.25) is 0 Å². The van der Waals surface area contributed by atoms with Crippen LogP contribution in [0.25, 0.3) is 6.08 Å². The lowest BCUT2D eigenvalue weighted by atomic mass is 9.82. The summed E-state index contributed by atoms with van der Waals surface area (Å²) in [5, 5.41) is 5.43. The van der Waals surface area contributed by atoms with Gasteiger partial charge in [0, 0.05) is 6.54 Å². The summed E-state index contributed by atoms with van der Waals surface area (Å²) in [6.07, 6.45) is 9.13. The Labute approximate surface area is 260 Å². The highest BCUT2D eigenvalue weighted by Gasteiger charge is 2.35. The largest absolute Gasteiger partial charge is 0.273 e. The summed E-state index contributed by atoms with van der Waals surface area (Å²) in [7, 11) is 0. The second-order valence-electron chi connectivity index (χ2n) is 11.4. The first-order chi connectivity index (χ1) is 21.3. The third kappa shape index (κ3) is 11.4. The first-order valence-electron chi connectivity index (χ1n) is 15.4. The van der Waals surface area contributed by atoms with Crippen LogP contribution in [0.3, 0.4) is 0 Å². The van der Waals surface area contributed by atoms with E-state index in [4.69, 9.17) is 4.84 Å². The van der Waals surface area contributed by atoms with Gasteiger partial charge in [0.1, 0.15) is 19.2 Å². The van der Waals surface area contributed by atoms with Crippen molar-refractivity contribution < 1.29 is 19.2 Å². The highest BCUT2D eigenvalue weighted by atomic mass is 16.6. The van der Waals surface area contributed by atoms with Crippen molar-refractivity contribution in [1.82, 2.24) is 30.7 Å². The molecule has 0 aliphatic rings. The van der Waals surface area contributed by atoms with Gasteiger partial charge in [-0.1, -0.05) is 113 Å². The van der Waals surface area contributed by atoms with Gasteiger partial charge in [0.2, 0.25) is 11.8 Å².